The minimum atomic E-state index is -1.72. The molecule has 0 atom stereocenters. The maximum Gasteiger partial charge on any atom is 0 e. The van der Waals surface area contributed by atoms with Crippen molar-refractivity contribution >= 4 is 82.3 Å². The normalized spacial score (nSPS) is 11.6. The second-order valence-corrected chi connectivity index (χ2v) is 27.2. The molecule has 5 aromatic heterocycles. The molecule has 11 rings (SSSR count). The molecule has 0 bridgehead atoms. The van der Waals surface area contributed by atoms with Crippen molar-refractivity contribution in [3.05, 3.63) is 176 Å². The van der Waals surface area contributed by atoms with Crippen LogP contribution in [-0.2, 0) is 20.1 Å². The summed E-state index contributed by atoms with van der Waals surface area (Å²) < 4.78 is 40.4. The molecule has 0 unspecified atom stereocenters. The Labute approximate surface area is 365 Å². The smallest absolute Gasteiger partial charge is 0 e. The van der Waals surface area contributed by atoms with Crippen LogP contribution in [0.1, 0.15) is 0 Å². The molecule has 11 aromatic rings. The summed E-state index contributed by atoms with van der Waals surface area (Å²) in [6.45, 7) is 0. The van der Waals surface area contributed by atoms with E-state index in [0.29, 0.717) is 33.8 Å². The van der Waals surface area contributed by atoms with Gasteiger partial charge in [0.15, 0.2) is 0 Å². The van der Waals surface area contributed by atoms with Crippen molar-refractivity contribution in [2.24, 2.45) is 0 Å². The van der Waals surface area contributed by atoms with Gasteiger partial charge in [0, 0.05) is 69.2 Å². The van der Waals surface area contributed by atoms with Crippen LogP contribution in [0.3, 0.4) is 0 Å². The van der Waals surface area contributed by atoms with E-state index in [-0.39, 0.29) is 20.1 Å². The molecule has 10 heteroatoms. The van der Waals surface area contributed by atoms with Crippen molar-refractivity contribution in [3.63, 3.8) is 0 Å². The number of thiophene rings is 1. The van der Waals surface area contributed by atoms with Gasteiger partial charge in [0.2, 0.25) is 5.71 Å². The average molecular weight is 1040 g/mol. The van der Waals surface area contributed by atoms with Crippen LogP contribution in [0.4, 0.5) is 8.78 Å². The second-order valence-electron chi connectivity index (χ2n) is 15.4. The Morgan fingerprint density at radius 2 is 1.43 bits per heavy atom. The van der Waals surface area contributed by atoms with Crippen molar-refractivity contribution in [2.45, 2.75) is 17.3 Å². The second kappa shape index (κ2) is 16.0. The van der Waals surface area contributed by atoms with E-state index in [0.717, 1.165) is 44.8 Å². The first kappa shape index (κ1) is 39.6. The summed E-state index contributed by atoms with van der Waals surface area (Å²) in [4.78, 5) is 14.1. The number of fused-ring (bicyclic) bond motifs is 7. The van der Waals surface area contributed by atoms with Crippen molar-refractivity contribution < 1.29 is 33.3 Å². The van der Waals surface area contributed by atoms with Gasteiger partial charge in [-0.05, 0) is 60.2 Å². The molecule has 0 aliphatic rings. The van der Waals surface area contributed by atoms with Crippen molar-refractivity contribution in [1.82, 2.24) is 19.5 Å². The minimum Gasteiger partial charge on any atom is 0 e. The quantitative estimate of drug-likeness (QED) is 0.127. The molecule has 5 nitrogen and oxygen atoms in total. The van der Waals surface area contributed by atoms with Crippen LogP contribution in [0, 0.1) is 23.8 Å². The zero-order chi connectivity index (χ0) is 40.3. The minimum absolute atomic E-state index is 0. The van der Waals surface area contributed by atoms with E-state index in [4.69, 9.17) is 9.40 Å². The van der Waals surface area contributed by atoms with Gasteiger partial charge in [-0.25, -0.2) is 13.8 Å². The van der Waals surface area contributed by atoms with E-state index in [1.807, 2.05) is 66.9 Å². The third kappa shape index (κ3) is 7.36. The number of benzene rings is 6. The van der Waals surface area contributed by atoms with E-state index < -0.39 is 24.9 Å². The Balaban J connectivity index is 0.000000230. The van der Waals surface area contributed by atoms with Gasteiger partial charge in [-0.3, -0.25) is 4.98 Å². The van der Waals surface area contributed by atoms with Crippen molar-refractivity contribution in [1.29, 1.82) is 0 Å². The third-order valence-electron chi connectivity index (χ3n) is 10.5. The summed E-state index contributed by atoms with van der Waals surface area (Å²) in [5.74, 6) is 6.55. The topological polar surface area (TPSA) is 56.7 Å². The molecule has 0 fully saturated rings. The maximum absolute atomic E-state index is 14.0. The summed E-state index contributed by atoms with van der Waals surface area (Å²) in [5.41, 5.74) is 7.57. The zero-order valence-electron chi connectivity index (χ0n) is 32.6. The molecule has 0 aliphatic heterocycles. The number of hydrogen-bond donors (Lipinski definition) is 0. The monoisotopic (exact) mass is 1040 g/mol. The number of nitrogens with zero attached hydrogens (tertiary/aromatic N) is 4. The van der Waals surface area contributed by atoms with Gasteiger partial charge in [-0.2, -0.15) is 0 Å². The molecule has 0 amide bonds. The third-order valence-corrected chi connectivity index (χ3v) is 15.9. The summed E-state index contributed by atoms with van der Waals surface area (Å²) >= 11 is 0.0666. The fourth-order valence-electron chi connectivity index (χ4n) is 7.53. The zero-order valence-corrected chi connectivity index (χ0v) is 37.9. The number of pyridine rings is 2. The Morgan fingerprint density at radius 3 is 2.22 bits per heavy atom. The van der Waals surface area contributed by atoms with Crippen LogP contribution >= 0.6 is 11.3 Å². The molecule has 0 aliphatic carbocycles. The number of para-hydroxylation sites is 2. The SMILES string of the molecule is Fc1cc(F)cc(-c2cnc3oc4c(-c5nc6ccccc6n5-c5ccc6sc7ccccc7c6c5)[c-]ccc4c3c2)c1.[CH3][Ge]([CH3])([CH3])[c]1ccc(-c2[c-]cccc2)nc1.[Ir]. The number of rotatable bonds is 5. The molecule has 0 spiro atoms. The fraction of sp³-hybridized carbons (Fsp3) is 0.0600. The molecule has 0 N–H and O–H groups in total. The Kier molecular flexibility index (Phi) is 10.5. The Hall–Kier alpha value is -5.84. The van der Waals surface area contributed by atoms with Gasteiger partial charge >= 0.3 is 99.8 Å². The van der Waals surface area contributed by atoms with E-state index in [9.17, 15) is 8.78 Å². The average Bonchev–Trinajstić information content (AvgIpc) is 3.94. The first-order chi connectivity index (χ1) is 28.7. The summed E-state index contributed by atoms with van der Waals surface area (Å²) in [7, 11) is 0. The fourth-order valence-corrected chi connectivity index (χ4v) is 10.8. The van der Waals surface area contributed by atoms with Gasteiger partial charge in [0.1, 0.15) is 11.6 Å². The van der Waals surface area contributed by atoms with E-state index in [1.54, 1.807) is 17.5 Å². The summed E-state index contributed by atoms with van der Waals surface area (Å²) in [5, 5.41) is 3.97. The predicted octanol–water partition coefficient (Wildman–Crippen LogP) is 13.2. The molecular formula is C50H34F2GeIrN4OS-2. The van der Waals surface area contributed by atoms with Crippen molar-refractivity contribution in [2.75, 3.05) is 0 Å². The predicted molar refractivity (Wildman–Crippen MR) is 240 cm³/mol. The first-order valence-corrected chi connectivity index (χ1v) is 27.4. The van der Waals surface area contributed by atoms with Crippen LogP contribution in [0.5, 0.6) is 0 Å². The summed E-state index contributed by atoms with van der Waals surface area (Å²) in [6, 6.07) is 50.9. The van der Waals surface area contributed by atoms with Crippen molar-refractivity contribution in [3.8, 4) is 39.5 Å². The van der Waals surface area contributed by atoms with Crippen LogP contribution in [0.15, 0.2) is 156 Å². The number of halogens is 2. The molecule has 6 aromatic carbocycles. The number of furan rings is 1. The van der Waals surface area contributed by atoms with Crippen LogP contribution in [0.2, 0.25) is 17.3 Å². The number of hydrogen-bond acceptors (Lipinski definition) is 5. The Bertz CT molecular complexity index is 3340. The first-order valence-electron chi connectivity index (χ1n) is 19.2. The molecule has 60 heavy (non-hydrogen) atoms. The number of imidazole rings is 1. The van der Waals surface area contributed by atoms with Gasteiger partial charge in [0.25, 0.3) is 0 Å². The van der Waals surface area contributed by atoms with Gasteiger partial charge in [-0.1, -0.05) is 41.3 Å². The molecular weight excluding hydrogens is 1010 g/mol. The van der Waals surface area contributed by atoms with Gasteiger partial charge < -0.3 is 8.98 Å². The van der Waals surface area contributed by atoms with E-state index in [1.165, 1.54) is 36.7 Å². The van der Waals surface area contributed by atoms with Gasteiger partial charge in [0.05, 0.1) is 22.4 Å². The van der Waals surface area contributed by atoms with E-state index in [2.05, 4.69) is 105 Å². The summed E-state index contributed by atoms with van der Waals surface area (Å²) in [6.07, 6.45) is 3.61. The Morgan fingerprint density at radius 1 is 0.650 bits per heavy atom. The number of aromatic nitrogens is 4. The van der Waals surface area contributed by atoms with Crippen LogP contribution in [-0.4, -0.2) is 32.8 Å². The molecule has 0 saturated carbocycles. The van der Waals surface area contributed by atoms with Crippen LogP contribution in [0.25, 0.3) is 92.7 Å². The standard InChI is InChI=1S/C36H18F2N3OS.C14H16GeN.Ir/c37-22-14-20(15-23(38)17-22)21-16-29-26-7-5-8-27(34(26)42-36(29)39-19-21)35-40-30-9-2-3-10-31(30)41(35)24-12-13-33-28(18-24)25-6-1-4-11-32(25)43-33;1-15(2,3)13-9-10-14(16-11-13)12-7-5-4-6-8-12;/h1-7,9-19H;4-7,9-11H,1-3H3;/q2*-1;. The molecule has 0 saturated heterocycles. The van der Waals surface area contributed by atoms with E-state index >= 15 is 0 Å². The molecule has 295 valence electrons. The maximum atomic E-state index is 14.0. The van der Waals surface area contributed by atoms with Gasteiger partial charge in [-0.15, -0.1) is 29.5 Å². The van der Waals surface area contributed by atoms with Crippen LogP contribution < -0.4 is 4.40 Å². The largest absolute Gasteiger partial charge is 0 e. The molecule has 1 radical (unpaired) electrons. The molecule has 5 heterocycles.